The van der Waals surface area contributed by atoms with Crippen LogP contribution in [-0.4, -0.2) is 27.9 Å². The summed E-state index contributed by atoms with van der Waals surface area (Å²) >= 11 is 0. The molecule has 1 aromatic heterocycles. The number of para-hydroxylation sites is 1. The lowest BCUT2D eigenvalue weighted by Gasteiger charge is -2.04. The fourth-order valence-electron chi connectivity index (χ4n) is 2.06. The van der Waals surface area contributed by atoms with Crippen LogP contribution in [0.1, 0.15) is 16.1 Å². The van der Waals surface area contributed by atoms with Crippen molar-refractivity contribution in [2.75, 3.05) is 6.61 Å². The SMILES string of the molecule is O=C(O)c1[nH]nc2c1CCOc1ccccc1-2. The molecule has 1 aliphatic heterocycles. The lowest BCUT2D eigenvalue weighted by Crippen LogP contribution is -2.05. The molecule has 0 atom stereocenters. The van der Waals surface area contributed by atoms with Crippen molar-refractivity contribution in [2.24, 2.45) is 0 Å². The Morgan fingerprint density at radius 2 is 2.24 bits per heavy atom. The minimum atomic E-state index is -0.988. The average molecular weight is 230 g/mol. The maximum atomic E-state index is 11.0. The third kappa shape index (κ3) is 1.47. The van der Waals surface area contributed by atoms with Crippen LogP contribution in [0.25, 0.3) is 11.3 Å². The van der Waals surface area contributed by atoms with E-state index in [0.29, 0.717) is 24.3 Å². The number of nitrogens with one attached hydrogen (secondary N) is 1. The second kappa shape index (κ2) is 3.62. The Morgan fingerprint density at radius 3 is 3.06 bits per heavy atom. The zero-order chi connectivity index (χ0) is 11.8. The number of hydrogen-bond acceptors (Lipinski definition) is 3. The molecule has 2 aromatic rings. The van der Waals surface area contributed by atoms with E-state index in [1.807, 2.05) is 24.3 Å². The first-order valence-corrected chi connectivity index (χ1v) is 5.30. The number of benzene rings is 1. The van der Waals surface area contributed by atoms with Gasteiger partial charge in [0.15, 0.2) is 0 Å². The maximum absolute atomic E-state index is 11.0. The highest BCUT2D eigenvalue weighted by atomic mass is 16.5. The number of ether oxygens (including phenoxy) is 1. The van der Waals surface area contributed by atoms with Crippen LogP contribution in [0.4, 0.5) is 0 Å². The molecule has 5 nitrogen and oxygen atoms in total. The average Bonchev–Trinajstić information content (AvgIpc) is 2.66. The molecule has 0 unspecified atom stereocenters. The van der Waals surface area contributed by atoms with Crippen LogP contribution in [-0.2, 0) is 6.42 Å². The van der Waals surface area contributed by atoms with E-state index < -0.39 is 5.97 Å². The molecule has 17 heavy (non-hydrogen) atoms. The van der Waals surface area contributed by atoms with E-state index in [4.69, 9.17) is 9.84 Å². The van der Waals surface area contributed by atoms with Gasteiger partial charge in [-0.05, 0) is 12.1 Å². The van der Waals surface area contributed by atoms with E-state index in [0.717, 1.165) is 11.3 Å². The number of rotatable bonds is 1. The monoisotopic (exact) mass is 230 g/mol. The number of hydrogen-bond donors (Lipinski definition) is 2. The normalized spacial score (nSPS) is 13.2. The third-order valence-electron chi connectivity index (χ3n) is 2.83. The highest BCUT2D eigenvalue weighted by molar-refractivity contribution is 5.90. The number of aromatic carboxylic acids is 1. The molecule has 0 aliphatic carbocycles. The number of aromatic amines is 1. The largest absolute Gasteiger partial charge is 0.493 e. The third-order valence-corrected chi connectivity index (χ3v) is 2.83. The summed E-state index contributed by atoms with van der Waals surface area (Å²) in [5.41, 5.74) is 2.38. The Labute approximate surface area is 97.0 Å². The first-order valence-electron chi connectivity index (χ1n) is 5.30. The minimum absolute atomic E-state index is 0.153. The van der Waals surface area contributed by atoms with E-state index in [1.54, 1.807) is 0 Å². The van der Waals surface area contributed by atoms with E-state index in [2.05, 4.69) is 10.2 Å². The van der Waals surface area contributed by atoms with Crippen molar-refractivity contribution in [1.29, 1.82) is 0 Å². The van der Waals surface area contributed by atoms with Crippen LogP contribution in [0, 0.1) is 0 Å². The van der Waals surface area contributed by atoms with Gasteiger partial charge in [-0.2, -0.15) is 5.10 Å². The number of carbonyl (C=O) groups is 1. The van der Waals surface area contributed by atoms with Gasteiger partial charge in [0.2, 0.25) is 0 Å². The van der Waals surface area contributed by atoms with Crippen molar-refractivity contribution in [2.45, 2.75) is 6.42 Å². The molecule has 2 N–H and O–H groups in total. The van der Waals surface area contributed by atoms with Crippen molar-refractivity contribution in [3.63, 3.8) is 0 Å². The standard InChI is InChI=1S/C12H10N2O3/c15-12(16)11-8-5-6-17-9-4-2-1-3-7(9)10(8)13-14-11/h1-4H,5-6H2,(H,13,14)(H,15,16). The summed E-state index contributed by atoms with van der Waals surface area (Å²) in [6, 6.07) is 7.51. The number of fused-ring (bicyclic) bond motifs is 3. The number of aromatic nitrogens is 2. The van der Waals surface area contributed by atoms with Gasteiger partial charge in [-0.15, -0.1) is 0 Å². The smallest absolute Gasteiger partial charge is 0.354 e. The van der Waals surface area contributed by atoms with Gasteiger partial charge in [0.05, 0.1) is 12.3 Å². The lowest BCUT2D eigenvalue weighted by molar-refractivity contribution is 0.0689. The van der Waals surface area contributed by atoms with Gasteiger partial charge in [0.1, 0.15) is 11.4 Å². The van der Waals surface area contributed by atoms with Gasteiger partial charge in [-0.25, -0.2) is 4.79 Å². The van der Waals surface area contributed by atoms with Crippen LogP contribution in [0.5, 0.6) is 5.75 Å². The van der Waals surface area contributed by atoms with E-state index >= 15 is 0 Å². The summed E-state index contributed by atoms with van der Waals surface area (Å²) < 4.78 is 5.58. The Balaban J connectivity index is 2.24. The molecular weight excluding hydrogens is 220 g/mol. The molecule has 0 fully saturated rings. The van der Waals surface area contributed by atoms with E-state index in [-0.39, 0.29) is 5.69 Å². The van der Waals surface area contributed by atoms with Gasteiger partial charge < -0.3 is 9.84 Å². The summed E-state index contributed by atoms with van der Waals surface area (Å²) in [6.07, 6.45) is 0.544. The fraction of sp³-hybridized carbons (Fsp3) is 0.167. The quantitative estimate of drug-likeness (QED) is 0.782. The topological polar surface area (TPSA) is 75.2 Å². The van der Waals surface area contributed by atoms with Crippen molar-refractivity contribution in [1.82, 2.24) is 10.2 Å². The Kier molecular flexibility index (Phi) is 2.11. The predicted octanol–water partition coefficient (Wildman–Crippen LogP) is 1.71. The second-order valence-electron chi connectivity index (χ2n) is 3.83. The van der Waals surface area contributed by atoms with E-state index in [9.17, 15) is 4.79 Å². The van der Waals surface area contributed by atoms with Gasteiger partial charge >= 0.3 is 5.97 Å². The molecule has 5 heteroatoms. The predicted molar refractivity (Wildman–Crippen MR) is 60.2 cm³/mol. The highest BCUT2D eigenvalue weighted by Crippen LogP contribution is 2.34. The van der Waals surface area contributed by atoms with Crippen LogP contribution >= 0.6 is 0 Å². The van der Waals surface area contributed by atoms with Crippen molar-refractivity contribution >= 4 is 5.97 Å². The van der Waals surface area contributed by atoms with Crippen LogP contribution in [0.15, 0.2) is 24.3 Å². The minimum Gasteiger partial charge on any atom is -0.493 e. The zero-order valence-corrected chi connectivity index (χ0v) is 8.93. The zero-order valence-electron chi connectivity index (χ0n) is 8.93. The molecule has 3 rings (SSSR count). The van der Waals surface area contributed by atoms with Crippen LogP contribution < -0.4 is 4.74 Å². The Hall–Kier alpha value is -2.30. The van der Waals surface area contributed by atoms with Gasteiger partial charge in [-0.1, -0.05) is 12.1 Å². The molecular formula is C12H10N2O3. The molecule has 0 amide bonds. The summed E-state index contributed by atoms with van der Waals surface area (Å²) in [6.45, 7) is 0.462. The number of nitrogens with zero attached hydrogens (tertiary/aromatic N) is 1. The summed E-state index contributed by atoms with van der Waals surface area (Å²) in [5.74, 6) is -0.243. The molecule has 86 valence electrons. The van der Waals surface area contributed by atoms with Crippen molar-refractivity contribution in [3.8, 4) is 17.0 Å². The van der Waals surface area contributed by atoms with Crippen molar-refractivity contribution < 1.29 is 14.6 Å². The first kappa shape index (κ1) is 9.89. The number of H-pyrrole nitrogens is 1. The lowest BCUT2D eigenvalue weighted by atomic mass is 10.0. The number of carboxylic acid groups (broad SMARTS) is 1. The molecule has 2 heterocycles. The Morgan fingerprint density at radius 1 is 1.41 bits per heavy atom. The summed E-state index contributed by atoms with van der Waals surface area (Å²) in [4.78, 5) is 11.0. The second-order valence-corrected chi connectivity index (χ2v) is 3.83. The molecule has 0 radical (unpaired) electrons. The fourth-order valence-corrected chi connectivity index (χ4v) is 2.06. The molecule has 1 aliphatic rings. The highest BCUT2D eigenvalue weighted by Gasteiger charge is 2.23. The van der Waals surface area contributed by atoms with Crippen LogP contribution in [0.3, 0.4) is 0 Å². The van der Waals surface area contributed by atoms with Gasteiger partial charge in [0.25, 0.3) is 0 Å². The molecule has 0 saturated carbocycles. The van der Waals surface area contributed by atoms with Crippen LogP contribution in [0.2, 0.25) is 0 Å². The number of carboxylic acids is 1. The first-order chi connectivity index (χ1) is 8.27. The summed E-state index contributed by atoms with van der Waals surface area (Å²) in [7, 11) is 0. The van der Waals surface area contributed by atoms with E-state index in [1.165, 1.54) is 0 Å². The molecule has 1 aromatic carbocycles. The molecule has 0 spiro atoms. The molecule has 0 saturated heterocycles. The summed E-state index contributed by atoms with van der Waals surface area (Å²) in [5, 5.41) is 15.7. The van der Waals surface area contributed by atoms with Gasteiger partial charge in [-0.3, -0.25) is 5.10 Å². The Bertz CT molecular complexity index is 589. The maximum Gasteiger partial charge on any atom is 0.354 e. The van der Waals surface area contributed by atoms with Crippen molar-refractivity contribution in [3.05, 3.63) is 35.5 Å². The van der Waals surface area contributed by atoms with Gasteiger partial charge in [0, 0.05) is 17.5 Å². The molecule has 0 bridgehead atoms.